The van der Waals surface area contributed by atoms with Crippen LogP contribution in [0.5, 0.6) is 0 Å². The van der Waals surface area contributed by atoms with Crippen LogP contribution in [0.4, 0.5) is 17.1 Å². The molecule has 0 aliphatic carbocycles. The first kappa shape index (κ1) is 30.3. The molecule has 244 valence electrons. The molecule has 52 heavy (non-hydrogen) atoms. The number of hydrogen-bond donors (Lipinski definition) is 0. The first-order valence-corrected chi connectivity index (χ1v) is 18.4. The SMILES string of the molecule is c1ccc(-c2ccc(N(c3ccc(-c4ccc5c(c4)sc4cnccc45)cc3)c3ccc(-c4cc5ccccc5c5ccccc45)cc3)cc2)cc1. The third-order valence-electron chi connectivity index (χ3n) is 10.2. The minimum Gasteiger partial charge on any atom is -0.311 e. The third-order valence-corrected chi connectivity index (χ3v) is 11.3. The molecule has 0 amide bonds. The van der Waals surface area contributed by atoms with E-state index >= 15 is 0 Å². The van der Waals surface area contributed by atoms with E-state index in [9.17, 15) is 0 Å². The van der Waals surface area contributed by atoms with Gasteiger partial charge in [0, 0.05) is 44.9 Å². The Morgan fingerprint density at radius 3 is 1.62 bits per heavy atom. The average Bonchev–Trinajstić information content (AvgIpc) is 3.60. The van der Waals surface area contributed by atoms with Crippen LogP contribution in [0.15, 0.2) is 194 Å². The highest BCUT2D eigenvalue weighted by molar-refractivity contribution is 7.25. The molecule has 2 nitrogen and oxygen atoms in total. The Kier molecular flexibility index (Phi) is 7.37. The second kappa shape index (κ2) is 12.6. The van der Waals surface area contributed by atoms with Gasteiger partial charge < -0.3 is 4.90 Å². The Morgan fingerprint density at radius 1 is 0.365 bits per heavy atom. The van der Waals surface area contributed by atoms with Crippen molar-refractivity contribution in [2.45, 2.75) is 0 Å². The summed E-state index contributed by atoms with van der Waals surface area (Å²) in [6, 6.07) is 66.1. The number of benzene rings is 8. The lowest BCUT2D eigenvalue weighted by atomic mass is 9.93. The molecule has 0 aliphatic rings. The summed E-state index contributed by atoms with van der Waals surface area (Å²) in [6.45, 7) is 0. The molecule has 0 N–H and O–H groups in total. The summed E-state index contributed by atoms with van der Waals surface area (Å²) < 4.78 is 2.50. The maximum atomic E-state index is 4.33. The summed E-state index contributed by atoms with van der Waals surface area (Å²) in [7, 11) is 0. The number of hydrogen-bond acceptors (Lipinski definition) is 3. The number of aromatic nitrogens is 1. The smallest absolute Gasteiger partial charge is 0.0538 e. The summed E-state index contributed by atoms with van der Waals surface area (Å²) in [5.41, 5.74) is 10.6. The quantitative estimate of drug-likeness (QED) is 0.163. The van der Waals surface area contributed by atoms with E-state index in [0.717, 1.165) is 17.1 Å². The standard InChI is InChI=1S/C49H32N2S/c1-2-8-33(9-3-1)34-14-21-39(22-15-34)51(40-23-16-35(17-24-40)37-20-27-45-46-28-29-50-32-49(46)52-48(45)31-37)41-25-18-36(19-26-41)47-30-38-10-4-5-11-42(38)43-12-6-7-13-44(43)47/h1-32H. The zero-order chi connectivity index (χ0) is 34.4. The lowest BCUT2D eigenvalue weighted by molar-refractivity contribution is 1.28. The first-order valence-electron chi connectivity index (χ1n) is 17.6. The molecule has 8 aromatic carbocycles. The van der Waals surface area contributed by atoms with Gasteiger partial charge in [0.2, 0.25) is 0 Å². The van der Waals surface area contributed by atoms with Crippen LogP contribution in [0, 0.1) is 0 Å². The molecule has 0 fully saturated rings. The third kappa shape index (κ3) is 5.31. The van der Waals surface area contributed by atoms with Crippen LogP contribution in [0.2, 0.25) is 0 Å². The van der Waals surface area contributed by atoms with Gasteiger partial charge in [-0.15, -0.1) is 11.3 Å². The van der Waals surface area contributed by atoms with E-state index in [4.69, 9.17) is 0 Å². The van der Waals surface area contributed by atoms with E-state index in [1.54, 1.807) is 11.3 Å². The summed E-state index contributed by atoms with van der Waals surface area (Å²) in [4.78, 5) is 6.68. The normalized spacial score (nSPS) is 11.5. The van der Waals surface area contributed by atoms with Gasteiger partial charge in [-0.2, -0.15) is 0 Å². The molecule has 10 aromatic rings. The topological polar surface area (TPSA) is 16.1 Å². The molecule has 3 heteroatoms. The molecule has 0 bridgehead atoms. The highest BCUT2D eigenvalue weighted by Gasteiger charge is 2.15. The molecule has 0 aliphatic heterocycles. The van der Waals surface area contributed by atoms with Crippen LogP contribution in [-0.4, -0.2) is 4.98 Å². The van der Waals surface area contributed by atoms with Gasteiger partial charge in [0.1, 0.15) is 0 Å². The Hall–Kier alpha value is -6.55. The molecule has 0 radical (unpaired) electrons. The molecule has 0 unspecified atom stereocenters. The number of rotatable bonds is 6. The number of fused-ring (bicyclic) bond motifs is 6. The number of pyridine rings is 1. The fourth-order valence-corrected chi connectivity index (χ4v) is 8.69. The fraction of sp³-hybridized carbons (Fsp3) is 0. The monoisotopic (exact) mass is 680 g/mol. The van der Waals surface area contributed by atoms with Crippen molar-refractivity contribution in [3.63, 3.8) is 0 Å². The van der Waals surface area contributed by atoms with Gasteiger partial charge in [-0.3, -0.25) is 4.98 Å². The number of anilines is 3. The Morgan fingerprint density at radius 2 is 0.904 bits per heavy atom. The predicted molar refractivity (Wildman–Crippen MR) is 223 cm³/mol. The van der Waals surface area contributed by atoms with Crippen molar-refractivity contribution >= 4 is 70.1 Å². The molecule has 2 heterocycles. The van der Waals surface area contributed by atoms with Crippen LogP contribution in [-0.2, 0) is 0 Å². The van der Waals surface area contributed by atoms with Crippen LogP contribution < -0.4 is 4.90 Å². The molecule has 0 saturated heterocycles. The zero-order valence-corrected chi connectivity index (χ0v) is 29.1. The van der Waals surface area contributed by atoms with E-state index in [2.05, 4.69) is 192 Å². The molecule has 0 atom stereocenters. The lowest BCUT2D eigenvalue weighted by Crippen LogP contribution is -2.09. The second-order valence-corrected chi connectivity index (χ2v) is 14.3. The fourth-order valence-electron chi connectivity index (χ4n) is 7.58. The van der Waals surface area contributed by atoms with Gasteiger partial charge in [0.25, 0.3) is 0 Å². The van der Waals surface area contributed by atoms with E-state index in [-0.39, 0.29) is 0 Å². The largest absolute Gasteiger partial charge is 0.311 e. The van der Waals surface area contributed by atoms with Crippen molar-refractivity contribution in [3.05, 3.63) is 194 Å². The van der Waals surface area contributed by atoms with Crippen LogP contribution in [0.25, 0.3) is 75.1 Å². The highest BCUT2D eigenvalue weighted by atomic mass is 32.1. The maximum absolute atomic E-state index is 4.33. The van der Waals surface area contributed by atoms with Crippen LogP contribution in [0.1, 0.15) is 0 Å². The molecule has 2 aromatic heterocycles. The Labute approximate surface area is 306 Å². The number of thiophene rings is 1. The minimum absolute atomic E-state index is 1.11. The van der Waals surface area contributed by atoms with Gasteiger partial charge in [-0.25, -0.2) is 0 Å². The van der Waals surface area contributed by atoms with Crippen molar-refractivity contribution in [3.8, 4) is 33.4 Å². The molecule has 10 rings (SSSR count). The first-order chi connectivity index (χ1) is 25.8. The van der Waals surface area contributed by atoms with Gasteiger partial charge in [-0.05, 0) is 110 Å². The molecular weight excluding hydrogens is 649 g/mol. The number of nitrogens with zero attached hydrogens (tertiary/aromatic N) is 2. The van der Waals surface area contributed by atoms with E-state index < -0.39 is 0 Å². The van der Waals surface area contributed by atoms with Crippen molar-refractivity contribution in [2.24, 2.45) is 0 Å². The zero-order valence-electron chi connectivity index (χ0n) is 28.3. The van der Waals surface area contributed by atoms with Crippen molar-refractivity contribution in [1.29, 1.82) is 0 Å². The van der Waals surface area contributed by atoms with Crippen molar-refractivity contribution in [1.82, 2.24) is 4.98 Å². The minimum atomic E-state index is 1.11. The average molecular weight is 681 g/mol. The van der Waals surface area contributed by atoms with Crippen LogP contribution in [0.3, 0.4) is 0 Å². The maximum Gasteiger partial charge on any atom is 0.0538 e. The van der Waals surface area contributed by atoms with Gasteiger partial charge in [0.05, 0.1) is 4.70 Å². The van der Waals surface area contributed by atoms with Crippen LogP contribution >= 0.6 is 11.3 Å². The van der Waals surface area contributed by atoms with Gasteiger partial charge >= 0.3 is 0 Å². The van der Waals surface area contributed by atoms with Gasteiger partial charge in [0.15, 0.2) is 0 Å². The Balaban J connectivity index is 1.05. The summed E-state index contributed by atoms with van der Waals surface area (Å²) in [6.07, 6.45) is 3.84. The Bertz CT molecular complexity index is 2870. The van der Waals surface area contributed by atoms with E-state index in [1.807, 2.05) is 12.4 Å². The summed E-state index contributed by atoms with van der Waals surface area (Å²) >= 11 is 1.80. The predicted octanol–water partition coefficient (Wildman–Crippen LogP) is 14.2. The van der Waals surface area contributed by atoms with Crippen molar-refractivity contribution < 1.29 is 0 Å². The van der Waals surface area contributed by atoms with E-state index in [1.165, 1.54) is 75.1 Å². The molecular formula is C49H32N2S. The molecule has 0 saturated carbocycles. The van der Waals surface area contributed by atoms with Gasteiger partial charge in [-0.1, -0.05) is 127 Å². The lowest BCUT2D eigenvalue weighted by Gasteiger charge is -2.26. The molecule has 0 spiro atoms. The summed E-state index contributed by atoms with van der Waals surface area (Å²) in [5.74, 6) is 0. The van der Waals surface area contributed by atoms with E-state index in [0.29, 0.717) is 0 Å². The second-order valence-electron chi connectivity index (χ2n) is 13.2. The summed E-state index contributed by atoms with van der Waals surface area (Å²) in [5, 5.41) is 7.64. The highest BCUT2D eigenvalue weighted by Crippen LogP contribution is 2.41. The van der Waals surface area contributed by atoms with Crippen molar-refractivity contribution in [2.75, 3.05) is 4.90 Å².